The van der Waals surface area contributed by atoms with Gasteiger partial charge in [-0.15, -0.1) is 5.10 Å². The van der Waals surface area contributed by atoms with Crippen molar-refractivity contribution in [1.82, 2.24) is 20.5 Å². The van der Waals surface area contributed by atoms with Gasteiger partial charge in [0, 0.05) is 12.6 Å². The van der Waals surface area contributed by atoms with E-state index in [4.69, 9.17) is 5.73 Å². The first-order chi connectivity index (χ1) is 9.16. The normalized spacial score (nSPS) is 12.1. The molecule has 6 nitrogen and oxygen atoms in total. The topological polar surface area (TPSA) is 96.7 Å². The summed E-state index contributed by atoms with van der Waals surface area (Å²) in [6.07, 6.45) is 0.666. The molecule has 0 saturated heterocycles. The Morgan fingerprint density at radius 2 is 2.16 bits per heavy atom. The van der Waals surface area contributed by atoms with Gasteiger partial charge in [-0.1, -0.05) is 30.3 Å². The summed E-state index contributed by atoms with van der Waals surface area (Å²) in [6, 6.07) is 9.71. The molecule has 0 bridgehead atoms. The predicted molar refractivity (Wildman–Crippen MR) is 71.4 cm³/mol. The molecule has 2 aromatic rings. The van der Waals surface area contributed by atoms with Crippen molar-refractivity contribution in [2.75, 3.05) is 6.54 Å². The van der Waals surface area contributed by atoms with Gasteiger partial charge in [-0.25, -0.2) is 4.98 Å². The molecule has 2 rings (SSSR count). The summed E-state index contributed by atoms with van der Waals surface area (Å²) < 4.78 is 0. The van der Waals surface area contributed by atoms with Gasteiger partial charge in [0.2, 0.25) is 5.82 Å². The number of hydrogen-bond donors (Lipinski definition) is 3. The van der Waals surface area contributed by atoms with Crippen LogP contribution in [0.1, 0.15) is 34.5 Å². The van der Waals surface area contributed by atoms with Crippen LogP contribution in [-0.4, -0.2) is 27.6 Å². The first kappa shape index (κ1) is 13.2. The third kappa shape index (κ3) is 3.62. The SMILES string of the molecule is Cc1nc(C(=O)NCCC(N)c2ccccc2)n[nH]1. The van der Waals surface area contributed by atoms with E-state index in [1.807, 2.05) is 30.3 Å². The van der Waals surface area contributed by atoms with Gasteiger partial charge in [0.25, 0.3) is 5.91 Å². The van der Waals surface area contributed by atoms with Crippen molar-refractivity contribution in [3.8, 4) is 0 Å². The van der Waals surface area contributed by atoms with Crippen molar-refractivity contribution in [3.05, 3.63) is 47.5 Å². The third-order valence-corrected chi connectivity index (χ3v) is 2.77. The molecule has 1 amide bonds. The average molecular weight is 259 g/mol. The minimum absolute atomic E-state index is 0.0876. The van der Waals surface area contributed by atoms with Gasteiger partial charge in [-0.2, -0.15) is 0 Å². The number of carbonyl (C=O) groups is 1. The third-order valence-electron chi connectivity index (χ3n) is 2.77. The second-order valence-corrected chi connectivity index (χ2v) is 4.31. The van der Waals surface area contributed by atoms with Crippen LogP contribution in [0, 0.1) is 6.92 Å². The predicted octanol–water partition coefficient (Wildman–Crippen LogP) is 0.933. The van der Waals surface area contributed by atoms with Crippen molar-refractivity contribution in [1.29, 1.82) is 0 Å². The molecule has 100 valence electrons. The number of rotatable bonds is 5. The molecular formula is C13H17N5O. The second kappa shape index (κ2) is 6.10. The number of aryl methyl sites for hydroxylation is 1. The number of amides is 1. The molecule has 0 aliphatic carbocycles. The summed E-state index contributed by atoms with van der Waals surface area (Å²) in [5, 5.41) is 9.17. The molecule has 4 N–H and O–H groups in total. The van der Waals surface area contributed by atoms with E-state index in [1.165, 1.54) is 0 Å². The summed E-state index contributed by atoms with van der Waals surface area (Å²) >= 11 is 0. The smallest absolute Gasteiger partial charge is 0.290 e. The van der Waals surface area contributed by atoms with Gasteiger partial charge in [-0.05, 0) is 18.9 Å². The Morgan fingerprint density at radius 3 is 2.79 bits per heavy atom. The number of nitrogens with zero attached hydrogens (tertiary/aromatic N) is 2. The van der Waals surface area contributed by atoms with Crippen LogP contribution in [0.2, 0.25) is 0 Å². The summed E-state index contributed by atoms with van der Waals surface area (Å²) in [6.45, 7) is 2.23. The van der Waals surface area contributed by atoms with Crippen LogP contribution in [0.5, 0.6) is 0 Å². The zero-order valence-electron chi connectivity index (χ0n) is 10.8. The lowest BCUT2D eigenvalue weighted by Gasteiger charge is -2.11. The molecule has 1 unspecified atom stereocenters. The van der Waals surface area contributed by atoms with E-state index in [-0.39, 0.29) is 17.8 Å². The average Bonchev–Trinajstić information content (AvgIpc) is 2.86. The number of carbonyl (C=O) groups excluding carboxylic acids is 1. The summed E-state index contributed by atoms with van der Waals surface area (Å²) in [4.78, 5) is 15.6. The van der Waals surface area contributed by atoms with Crippen LogP contribution in [-0.2, 0) is 0 Å². The number of aromatic nitrogens is 3. The maximum absolute atomic E-state index is 11.7. The zero-order valence-corrected chi connectivity index (χ0v) is 10.8. The number of nitrogens with one attached hydrogen (secondary N) is 2. The first-order valence-electron chi connectivity index (χ1n) is 6.14. The van der Waals surface area contributed by atoms with Crippen LogP contribution in [0.3, 0.4) is 0 Å². The molecule has 0 aliphatic heterocycles. The summed E-state index contributed by atoms with van der Waals surface area (Å²) in [5.74, 6) is 0.488. The van der Waals surface area contributed by atoms with Gasteiger partial charge in [0.05, 0.1) is 0 Å². The second-order valence-electron chi connectivity index (χ2n) is 4.31. The highest BCUT2D eigenvalue weighted by Gasteiger charge is 2.11. The Hall–Kier alpha value is -2.21. The maximum Gasteiger partial charge on any atom is 0.290 e. The van der Waals surface area contributed by atoms with E-state index in [0.29, 0.717) is 18.8 Å². The molecule has 1 atom stereocenters. The fourth-order valence-electron chi connectivity index (χ4n) is 1.73. The monoisotopic (exact) mass is 259 g/mol. The van der Waals surface area contributed by atoms with Crippen molar-refractivity contribution in [2.45, 2.75) is 19.4 Å². The Balaban J connectivity index is 1.79. The molecule has 0 fully saturated rings. The lowest BCUT2D eigenvalue weighted by Crippen LogP contribution is -2.28. The van der Waals surface area contributed by atoms with E-state index < -0.39 is 0 Å². The fraction of sp³-hybridized carbons (Fsp3) is 0.308. The van der Waals surface area contributed by atoms with Crippen LogP contribution < -0.4 is 11.1 Å². The van der Waals surface area contributed by atoms with Crippen LogP contribution >= 0.6 is 0 Å². The van der Waals surface area contributed by atoms with E-state index in [0.717, 1.165) is 5.56 Å². The molecular weight excluding hydrogens is 242 g/mol. The highest BCUT2D eigenvalue weighted by atomic mass is 16.2. The van der Waals surface area contributed by atoms with Gasteiger partial charge in [-0.3, -0.25) is 9.89 Å². The van der Waals surface area contributed by atoms with Crippen LogP contribution in [0.4, 0.5) is 0 Å². The molecule has 0 saturated carbocycles. The number of benzene rings is 1. The van der Waals surface area contributed by atoms with E-state index in [2.05, 4.69) is 20.5 Å². The lowest BCUT2D eigenvalue weighted by molar-refractivity contribution is 0.0942. The molecule has 0 spiro atoms. The molecule has 0 radical (unpaired) electrons. The maximum atomic E-state index is 11.7. The van der Waals surface area contributed by atoms with E-state index in [9.17, 15) is 4.79 Å². The van der Waals surface area contributed by atoms with Crippen molar-refractivity contribution < 1.29 is 4.79 Å². The molecule has 6 heteroatoms. The largest absolute Gasteiger partial charge is 0.349 e. The quantitative estimate of drug-likeness (QED) is 0.744. The van der Waals surface area contributed by atoms with E-state index in [1.54, 1.807) is 6.92 Å². The first-order valence-corrected chi connectivity index (χ1v) is 6.14. The van der Waals surface area contributed by atoms with E-state index >= 15 is 0 Å². The molecule has 1 aromatic carbocycles. The van der Waals surface area contributed by atoms with Gasteiger partial charge >= 0.3 is 0 Å². The minimum atomic E-state index is -0.287. The molecule has 1 aromatic heterocycles. The number of H-pyrrole nitrogens is 1. The van der Waals surface area contributed by atoms with Gasteiger partial charge < -0.3 is 11.1 Å². The lowest BCUT2D eigenvalue weighted by atomic mass is 10.1. The van der Waals surface area contributed by atoms with Crippen LogP contribution in [0.15, 0.2) is 30.3 Å². The van der Waals surface area contributed by atoms with Crippen molar-refractivity contribution in [2.24, 2.45) is 5.73 Å². The summed E-state index contributed by atoms with van der Waals surface area (Å²) in [5.41, 5.74) is 7.10. The van der Waals surface area contributed by atoms with Gasteiger partial charge in [0.15, 0.2) is 0 Å². The molecule has 1 heterocycles. The Kier molecular flexibility index (Phi) is 4.25. The van der Waals surface area contributed by atoms with Crippen LogP contribution in [0.25, 0.3) is 0 Å². The number of aromatic amines is 1. The number of nitrogens with two attached hydrogens (primary N) is 1. The highest BCUT2D eigenvalue weighted by molar-refractivity contribution is 5.90. The zero-order chi connectivity index (χ0) is 13.7. The molecule has 19 heavy (non-hydrogen) atoms. The Bertz CT molecular complexity index is 537. The Morgan fingerprint density at radius 1 is 1.42 bits per heavy atom. The molecule has 0 aliphatic rings. The fourth-order valence-corrected chi connectivity index (χ4v) is 1.73. The highest BCUT2D eigenvalue weighted by Crippen LogP contribution is 2.12. The van der Waals surface area contributed by atoms with Gasteiger partial charge in [0.1, 0.15) is 5.82 Å². The summed E-state index contributed by atoms with van der Waals surface area (Å²) in [7, 11) is 0. The number of hydrogen-bond acceptors (Lipinski definition) is 4. The minimum Gasteiger partial charge on any atom is -0.349 e. The Labute approximate surface area is 111 Å². The van der Waals surface area contributed by atoms with Crippen molar-refractivity contribution in [3.63, 3.8) is 0 Å². The standard InChI is InChI=1S/C13H17N5O/c1-9-16-12(18-17-9)13(19)15-8-7-11(14)10-5-3-2-4-6-10/h2-6,11H,7-8,14H2,1H3,(H,15,19)(H,16,17,18). The van der Waals surface area contributed by atoms with Crippen molar-refractivity contribution >= 4 is 5.91 Å².